The second-order valence-electron chi connectivity index (χ2n) is 8.03. The Morgan fingerprint density at radius 1 is 1.00 bits per heavy atom. The molecule has 176 valence electrons. The highest BCUT2D eigenvalue weighted by Crippen LogP contribution is 2.34. The zero-order valence-corrected chi connectivity index (χ0v) is 20.2. The number of carbonyl (C=O) groups excluding carboxylic acids is 1. The molecule has 0 fully saturated rings. The number of aromatic nitrogens is 4. The third-order valence-electron chi connectivity index (χ3n) is 5.87. The number of hydrogen-bond acceptors (Lipinski definition) is 7. The molecule has 0 saturated heterocycles. The third-order valence-corrected chi connectivity index (χ3v) is 6.88. The van der Waals surface area contributed by atoms with Crippen molar-refractivity contribution in [3.63, 3.8) is 0 Å². The number of ether oxygens (including phenoxy) is 1. The molecule has 1 aliphatic rings. The van der Waals surface area contributed by atoms with Crippen LogP contribution in [0.15, 0.2) is 89.4 Å². The van der Waals surface area contributed by atoms with E-state index in [9.17, 15) is 4.79 Å². The Labute approximate surface area is 207 Å². The first-order valence-electron chi connectivity index (χ1n) is 11.2. The van der Waals surface area contributed by atoms with Crippen LogP contribution in [0.2, 0.25) is 0 Å². The molecule has 0 bridgehead atoms. The van der Waals surface area contributed by atoms with E-state index in [2.05, 4.69) is 15.2 Å². The minimum atomic E-state index is -0.184. The summed E-state index contributed by atoms with van der Waals surface area (Å²) in [6, 6.07) is 21.4. The first kappa shape index (κ1) is 22.8. The van der Waals surface area contributed by atoms with Gasteiger partial charge in [-0.2, -0.15) is 5.10 Å². The predicted octanol–water partition coefficient (Wildman–Crippen LogP) is 4.36. The lowest BCUT2D eigenvalue weighted by molar-refractivity contribution is -0.130. The number of pyridine rings is 1. The Balaban J connectivity index is 1.36. The number of thioether (sulfide) groups is 1. The number of rotatable bonds is 7. The first-order valence-corrected chi connectivity index (χ1v) is 12.1. The number of amides is 1. The number of hydrazone groups is 1. The largest absolute Gasteiger partial charge is 0.497 e. The summed E-state index contributed by atoms with van der Waals surface area (Å²) in [7, 11) is 3.53. The number of benzene rings is 2. The maximum absolute atomic E-state index is 13.4. The summed E-state index contributed by atoms with van der Waals surface area (Å²) in [5, 5.41) is 15.6. The van der Waals surface area contributed by atoms with Crippen LogP contribution in [-0.2, 0) is 11.8 Å². The fourth-order valence-electron chi connectivity index (χ4n) is 4.02. The van der Waals surface area contributed by atoms with E-state index in [1.54, 1.807) is 24.5 Å². The van der Waals surface area contributed by atoms with Crippen LogP contribution >= 0.6 is 11.8 Å². The van der Waals surface area contributed by atoms with Gasteiger partial charge < -0.3 is 9.30 Å². The lowest BCUT2D eigenvalue weighted by Gasteiger charge is -2.22. The monoisotopic (exact) mass is 484 g/mol. The number of hydrogen-bond donors (Lipinski definition) is 0. The summed E-state index contributed by atoms with van der Waals surface area (Å²) < 4.78 is 7.18. The Hall–Kier alpha value is -3.98. The molecule has 1 aliphatic heterocycles. The Morgan fingerprint density at radius 2 is 1.74 bits per heavy atom. The second-order valence-corrected chi connectivity index (χ2v) is 8.98. The van der Waals surface area contributed by atoms with Gasteiger partial charge in [0.15, 0.2) is 11.0 Å². The van der Waals surface area contributed by atoms with E-state index in [0.717, 1.165) is 34.0 Å². The number of methoxy groups -OCH3 is 1. The van der Waals surface area contributed by atoms with Crippen LogP contribution in [0.5, 0.6) is 5.75 Å². The van der Waals surface area contributed by atoms with E-state index in [1.807, 2.05) is 78.3 Å². The lowest BCUT2D eigenvalue weighted by Crippen LogP contribution is -2.28. The van der Waals surface area contributed by atoms with Gasteiger partial charge in [0, 0.05) is 31.4 Å². The van der Waals surface area contributed by atoms with Crippen molar-refractivity contribution < 1.29 is 9.53 Å². The summed E-state index contributed by atoms with van der Waals surface area (Å²) in [4.78, 5) is 17.4. The SMILES string of the molecule is COc1ccc(C2CC(c3ccccc3)=NN2C(=O)CSc2nnc(-c3ccncc3)n2C)cc1. The Kier molecular flexibility index (Phi) is 6.58. The molecule has 1 unspecified atom stereocenters. The number of nitrogens with zero attached hydrogens (tertiary/aromatic N) is 6. The van der Waals surface area contributed by atoms with Crippen LogP contribution in [0.4, 0.5) is 0 Å². The number of carbonyl (C=O) groups is 1. The summed E-state index contributed by atoms with van der Waals surface area (Å²) in [6.45, 7) is 0. The Morgan fingerprint density at radius 3 is 2.46 bits per heavy atom. The van der Waals surface area contributed by atoms with Crippen LogP contribution in [0.25, 0.3) is 11.4 Å². The molecule has 0 radical (unpaired) electrons. The van der Waals surface area contributed by atoms with Crippen LogP contribution in [0.1, 0.15) is 23.6 Å². The van der Waals surface area contributed by atoms with Crippen molar-refractivity contribution in [2.75, 3.05) is 12.9 Å². The highest BCUT2D eigenvalue weighted by molar-refractivity contribution is 7.99. The summed E-state index contributed by atoms with van der Waals surface area (Å²) in [5.41, 5.74) is 3.84. The minimum absolute atomic E-state index is 0.0878. The van der Waals surface area contributed by atoms with Crippen LogP contribution in [0.3, 0.4) is 0 Å². The van der Waals surface area contributed by atoms with Gasteiger partial charge in [-0.05, 0) is 35.4 Å². The van der Waals surface area contributed by atoms with Gasteiger partial charge in [0.25, 0.3) is 5.91 Å². The van der Waals surface area contributed by atoms with Crippen molar-refractivity contribution in [2.24, 2.45) is 12.1 Å². The standard InChI is InChI=1S/C26H24N6O2S/c1-31-25(20-12-14-27-15-13-20)28-29-26(31)35-17-24(33)32-23(19-8-10-21(34-2)11-9-19)16-22(30-32)18-6-4-3-5-7-18/h3-15,23H,16-17H2,1-2H3. The molecule has 0 spiro atoms. The van der Waals surface area contributed by atoms with Crippen LogP contribution < -0.4 is 4.74 Å². The molecule has 1 atom stereocenters. The Bertz CT molecular complexity index is 1340. The zero-order chi connectivity index (χ0) is 24.2. The maximum atomic E-state index is 13.4. The molecular weight excluding hydrogens is 460 g/mol. The van der Waals surface area contributed by atoms with Gasteiger partial charge in [0.2, 0.25) is 0 Å². The summed E-state index contributed by atoms with van der Waals surface area (Å²) in [5.74, 6) is 1.61. The van der Waals surface area contributed by atoms with E-state index in [-0.39, 0.29) is 17.7 Å². The molecule has 0 N–H and O–H groups in total. The van der Waals surface area contributed by atoms with E-state index in [1.165, 1.54) is 11.8 Å². The van der Waals surface area contributed by atoms with Crippen molar-refractivity contribution in [1.82, 2.24) is 24.8 Å². The molecule has 0 saturated carbocycles. The first-order chi connectivity index (χ1) is 17.1. The van der Waals surface area contributed by atoms with Gasteiger partial charge in [-0.25, -0.2) is 5.01 Å². The van der Waals surface area contributed by atoms with Crippen molar-refractivity contribution in [2.45, 2.75) is 17.6 Å². The molecule has 5 rings (SSSR count). The summed E-state index contributed by atoms with van der Waals surface area (Å²) in [6.07, 6.45) is 4.08. The van der Waals surface area contributed by atoms with Gasteiger partial charge in [-0.1, -0.05) is 54.2 Å². The van der Waals surface area contributed by atoms with E-state index in [4.69, 9.17) is 9.84 Å². The lowest BCUT2D eigenvalue weighted by atomic mass is 9.98. The third kappa shape index (κ3) is 4.81. The fraction of sp³-hybridized carbons (Fsp3) is 0.192. The summed E-state index contributed by atoms with van der Waals surface area (Å²) >= 11 is 1.35. The zero-order valence-electron chi connectivity index (χ0n) is 19.4. The quantitative estimate of drug-likeness (QED) is 0.363. The van der Waals surface area contributed by atoms with Crippen molar-refractivity contribution >= 4 is 23.4 Å². The molecule has 0 aliphatic carbocycles. The van der Waals surface area contributed by atoms with Crippen molar-refractivity contribution in [1.29, 1.82) is 0 Å². The maximum Gasteiger partial charge on any atom is 0.253 e. The van der Waals surface area contributed by atoms with Crippen molar-refractivity contribution in [3.8, 4) is 17.1 Å². The smallest absolute Gasteiger partial charge is 0.253 e. The van der Waals surface area contributed by atoms with Crippen molar-refractivity contribution in [3.05, 3.63) is 90.3 Å². The second kappa shape index (κ2) is 10.1. The molecule has 4 aromatic rings. The average Bonchev–Trinajstić information content (AvgIpc) is 3.52. The highest BCUT2D eigenvalue weighted by Gasteiger charge is 2.33. The minimum Gasteiger partial charge on any atom is -0.497 e. The molecular formula is C26H24N6O2S. The normalized spacial score (nSPS) is 15.2. The highest BCUT2D eigenvalue weighted by atomic mass is 32.2. The average molecular weight is 485 g/mol. The molecule has 2 aromatic carbocycles. The molecule has 35 heavy (non-hydrogen) atoms. The molecule has 2 aromatic heterocycles. The van der Waals surface area contributed by atoms with E-state index in [0.29, 0.717) is 11.6 Å². The molecule has 9 heteroatoms. The van der Waals surface area contributed by atoms with Crippen LogP contribution in [-0.4, -0.2) is 49.2 Å². The molecule has 1 amide bonds. The molecule has 3 heterocycles. The fourth-order valence-corrected chi connectivity index (χ4v) is 4.78. The predicted molar refractivity (Wildman–Crippen MR) is 135 cm³/mol. The van der Waals surface area contributed by atoms with Gasteiger partial charge in [-0.15, -0.1) is 10.2 Å². The van der Waals surface area contributed by atoms with Gasteiger partial charge in [0.05, 0.1) is 24.6 Å². The molecule has 8 nitrogen and oxygen atoms in total. The van der Waals surface area contributed by atoms with E-state index < -0.39 is 0 Å². The van der Waals surface area contributed by atoms with E-state index >= 15 is 0 Å². The van der Waals surface area contributed by atoms with Gasteiger partial charge >= 0.3 is 0 Å². The van der Waals surface area contributed by atoms with Gasteiger partial charge in [-0.3, -0.25) is 9.78 Å². The van der Waals surface area contributed by atoms with Crippen LogP contribution in [0, 0.1) is 0 Å². The van der Waals surface area contributed by atoms with Gasteiger partial charge in [0.1, 0.15) is 5.75 Å². The topological polar surface area (TPSA) is 85.5 Å².